The fraction of sp³-hybridized carbons (Fsp3) is 0.625. The number of likely N-dealkylation sites (tertiary alicyclic amines) is 1. The normalized spacial score (nSPS) is 20.6. The van der Waals surface area contributed by atoms with Crippen molar-refractivity contribution in [2.24, 2.45) is 0 Å². The van der Waals surface area contributed by atoms with Crippen molar-refractivity contribution in [3.63, 3.8) is 0 Å². The maximum atomic E-state index is 4.61. The van der Waals surface area contributed by atoms with Crippen LogP contribution in [-0.4, -0.2) is 39.1 Å². The Hall–Kier alpha value is -1.42. The fourth-order valence-electron chi connectivity index (χ4n) is 3.22. The zero-order chi connectivity index (χ0) is 13.9. The van der Waals surface area contributed by atoms with E-state index in [0.29, 0.717) is 5.92 Å². The van der Waals surface area contributed by atoms with Crippen LogP contribution in [0.1, 0.15) is 49.9 Å². The standard InChI is InChI=1S/C16H24N4/c1-3-4-9-19-10-5-6-14(12-19)15-7-8-17-16-11-13(2)18-20(15)16/h7-8,11,14H,3-6,9-10,12H2,1-2H3. The third kappa shape index (κ3) is 2.70. The van der Waals surface area contributed by atoms with Crippen LogP contribution in [0.5, 0.6) is 0 Å². The molecule has 4 nitrogen and oxygen atoms in total. The maximum absolute atomic E-state index is 4.61. The van der Waals surface area contributed by atoms with Crippen LogP contribution in [0.3, 0.4) is 0 Å². The Morgan fingerprint density at radius 1 is 1.40 bits per heavy atom. The van der Waals surface area contributed by atoms with Crippen molar-refractivity contribution in [1.82, 2.24) is 19.5 Å². The SMILES string of the molecule is CCCCN1CCCC(c2ccnc3cc(C)nn23)C1. The average molecular weight is 272 g/mol. The molecule has 0 saturated carbocycles. The monoisotopic (exact) mass is 272 g/mol. The highest BCUT2D eigenvalue weighted by Crippen LogP contribution is 2.27. The number of aromatic nitrogens is 3. The van der Waals surface area contributed by atoms with Crippen LogP contribution in [0.25, 0.3) is 5.65 Å². The quantitative estimate of drug-likeness (QED) is 0.858. The predicted molar refractivity (Wildman–Crippen MR) is 81.0 cm³/mol. The summed E-state index contributed by atoms with van der Waals surface area (Å²) in [4.78, 5) is 7.02. The lowest BCUT2D eigenvalue weighted by Gasteiger charge is -2.32. The molecular weight excluding hydrogens is 248 g/mol. The molecular formula is C16H24N4. The highest BCUT2D eigenvalue weighted by Gasteiger charge is 2.23. The molecule has 1 aliphatic rings. The van der Waals surface area contributed by atoms with Crippen molar-refractivity contribution in [2.45, 2.75) is 45.4 Å². The number of aryl methyl sites for hydroxylation is 1. The van der Waals surface area contributed by atoms with E-state index in [9.17, 15) is 0 Å². The molecule has 1 aliphatic heterocycles. The summed E-state index contributed by atoms with van der Waals surface area (Å²) in [6.07, 6.45) is 7.06. The molecule has 2 aromatic heterocycles. The Morgan fingerprint density at radius 2 is 2.30 bits per heavy atom. The van der Waals surface area contributed by atoms with Crippen LogP contribution < -0.4 is 0 Å². The lowest BCUT2D eigenvalue weighted by atomic mass is 9.94. The topological polar surface area (TPSA) is 33.4 Å². The molecule has 1 atom stereocenters. The van der Waals surface area contributed by atoms with Gasteiger partial charge in [-0.25, -0.2) is 9.50 Å². The number of fused-ring (bicyclic) bond motifs is 1. The van der Waals surface area contributed by atoms with Crippen molar-refractivity contribution in [3.8, 4) is 0 Å². The molecule has 2 aromatic rings. The first-order valence-corrected chi connectivity index (χ1v) is 7.81. The molecule has 0 radical (unpaired) electrons. The van der Waals surface area contributed by atoms with Crippen LogP contribution in [0, 0.1) is 6.92 Å². The van der Waals surface area contributed by atoms with E-state index >= 15 is 0 Å². The molecule has 1 unspecified atom stereocenters. The van der Waals surface area contributed by atoms with E-state index in [2.05, 4.69) is 34.0 Å². The van der Waals surface area contributed by atoms with E-state index in [1.807, 2.05) is 17.6 Å². The molecule has 0 bridgehead atoms. The van der Waals surface area contributed by atoms with E-state index in [4.69, 9.17) is 0 Å². The molecule has 1 fully saturated rings. The summed E-state index contributed by atoms with van der Waals surface area (Å²) in [5.74, 6) is 0.588. The zero-order valence-corrected chi connectivity index (χ0v) is 12.5. The Labute approximate surface area is 120 Å². The largest absolute Gasteiger partial charge is 0.303 e. The van der Waals surface area contributed by atoms with Crippen molar-refractivity contribution >= 4 is 5.65 Å². The van der Waals surface area contributed by atoms with Crippen molar-refractivity contribution in [1.29, 1.82) is 0 Å². The van der Waals surface area contributed by atoms with Crippen molar-refractivity contribution < 1.29 is 0 Å². The summed E-state index contributed by atoms with van der Waals surface area (Å²) in [7, 11) is 0. The number of hydrogen-bond acceptors (Lipinski definition) is 3. The summed E-state index contributed by atoms with van der Waals surface area (Å²) in [6.45, 7) is 7.95. The van der Waals surface area contributed by atoms with Gasteiger partial charge in [0.05, 0.1) is 11.4 Å². The third-order valence-corrected chi connectivity index (χ3v) is 4.26. The molecule has 0 spiro atoms. The van der Waals surface area contributed by atoms with Gasteiger partial charge in [0.2, 0.25) is 0 Å². The summed E-state index contributed by atoms with van der Waals surface area (Å²) < 4.78 is 2.04. The van der Waals surface area contributed by atoms with Crippen LogP contribution in [-0.2, 0) is 0 Å². The van der Waals surface area contributed by atoms with Crippen molar-refractivity contribution in [3.05, 3.63) is 29.7 Å². The highest BCUT2D eigenvalue weighted by molar-refractivity contribution is 5.40. The smallest absolute Gasteiger partial charge is 0.155 e. The molecule has 0 aromatic carbocycles. The minimum Gasteiger partial charge on any atom is -0.303 e. The molecule has 20 heavy (non-hydrogen) atoms. The Bertz CT molecular complexity index is 575. The van der Waals surface area contributed by atoms with Gasteiger partial charge in [-0.2, -0.15) is 5.10 Å². The first kappa shape index (κ1) is 13.6. The fourth-order valence-corrected chi connectivity index (χ4v) is 3.22. The molecule has 4 heteroatoms. The van der Waals surface area contributed by atoms with Gasteiger partial charge in [-0.3, -0.25) is 0 Å². The second kappa shape index (κ2) is 5.92. The maximum Gasteiger partial charge on any atom is 0.155 e. The Balaban J connectivity index is 1.83. The van der Waals surface area contributed by atoms with Crippen LogP contribution in [0.2, 0.25) is 0 Å². The first-order chi connectivity index (χ1) is 9.78. The van der Waals surface area contributed by atoms with Gasteiger partial charge in [-0.15, -0.1) is 0 Å². The summed E-state index contributed by atoms with van der Waals surface area (Å²) in [6, 6.07) is 4.20. The second-order valence-corrected chi connectivity index (χ2v) is 5.92. The van der Waals surface area contributed by atoms with E-state index in [1.54, 1.807) is 0 Å². The first-order valence-electron chi connectivity index (χ1n) is 7.81. The lowest BCUT2D eigenvalue weighted by Crippen LogP contribution is -2.35. The van der Waals surface area contributed by atoms with Crippen molar-refractivity contribution in [2.75, 3.05) is 19.6 Å². The Morgan fingerprint density at radius 3 is 3.15 bits per heavy atom. The molecule has 1 saturated heterocycles. The van der Waals surface area contributed by atoms with Gasteiger partial charge in [-0.05, 0) is 45.3 Å². The molecule has 0 N–H and O–H groups in total. The van der Waals surface area contributed by atoms with E-state index in [-0.39, 0.29) is 0 Å². The number of unbranched alkanes of at least 4 members (excludes halogenated alkanes) is 1. The summed E-state index contributed by atoms with van der Waals surface area (Å²) in [5, 5.41) is 4.61. The molecule has 0 amide bonds. The predicted octanol–water partition coefficient (Wildman–Crippen LogP) is 3.02. The van der Waals surface area contributed by atoms with Gasteiger partial charge in [0.25, 0.3) is 0 Å². The number of nitrogens with zero attached hydrogens (tertiary/aromatic N) is 4. The number of hydrogen-bond donors (Lipinski definition) is 0. The van der Waals surface area contributed by atoms with E-state index in [1.165, 1.54) is 44.5 Å². The van der Waals surface area contributed by atoms with Gasteiger partial charge in [0.15, 0.2) is 5.65 Å². The van der Waals surface area contributed by atoms with E-state index in [0.717, 1.165) is 17.9 Å². The molecule has 108 valence electrons. The van der Waals surface area contributed by atoms with Crippen LogP contribution >= 0.6 is 0 Å². The second-order valence-electron chi connectivity index (χ2n) is 5.92. The lowest BCUT2D eigenvalue weighted by molar-refractivity contribution is 0.202. The zero-order valence-electron chi connectivity index (χ0n) is 12.5. The summed E-state index contributed by atoms with van der Waals surface area (Å²) in [5.41, 5.74) is 3.35. The van der Waals surface area contributed by atoms with Crippen LogP contribution in [0.4, 0.5) is 0 Å². The summed E-state index contributed by atoms with van der Waals surface area (Å²) >= 11 is 0. The number of rotatable bonds is 4. The van der Waals surface area contributed by atoms with Gasteiger partial charge in [-0.1, -0.05) is 13.3 Å². The van der Waals surface area contributed by atoms with Gasteiger partial charge in [0.1, 0.15) is 0 Å². The molecule has 0 aliphatic carbocycles. The number of piperidine rings is 1. The highest BCUT2D eigenvalue weighted by atomic mass is 15.3. The van der Waals surface area contributed by atoms with Gasteiger partial charge >= 0.3 is 0 Å². The minimum atomic E-state index is 0.588. The molecule has 3 rings (SSSR count). The third-order valence-electron chi connectivity index (χ3n) is 4.26. The van der Waals surface area contributed by atoms with Gasteiger partial charge in [0, 0.05) is 24.7 Å². The minimum absolute atomic E-state index is 0.588. The van der Waals surface area contributed by atoms with E-state index < -0.39 is 0 Å². The average Bonchev–Trinajstić information content (AvgIpc) is 2.85. The molecule has 3 heterocycles. The Kier molecular flexibility index (Phi) is 4.01. The van der Waals surface area contributed by atoms with Gasteiger partial charge < -0.3 is 4.90 Å². The van der Waals surface area contributed by atoms with Crippen LogP contribution in [0.15, 0.2) is 18.3 Å².